The van der Waals surface area contributed by atoms with Crippen LogP contribution in [-0.4, -0.2) is 34.5 Å². The fraction of sp³-hybridized carbons (Fsp3) is 0.833. The van der Waals surface area contributed by atoms with Gasteiger partial charge in [0.2, 0.25) is 5.91 Å². The second kappa shape index (κ2) is 5.82. The quantitative estimate of drug-likeness (QED) is 0.307. The zero-order valence-electron chi connectivity index (χ0n) is 11.3. The first-order valence-corrected chi connectivity index (χ1v) is 7.42. The van der Waals surface area contributed by atoms with Crippen LogP contribution in [0.3, 0.4) is 0 Å². The van der Waals surface area contributed by atoms with Crippen LogP contribution in [0.15, 0.2) is 5.16 Å². The summed E-state index contributed by atoms with van der Waals surface area (Å²) < 4.78 is 0.164. The molecule has 1 aliphatic carbocycles. The van der Waals surface area contributed by atoms with Crippen molar-refractivity contribution in [2.75, 3.05) is 12.8 Å². The summed E-state index contributed by atoms with van der Waals surface area (Å²) in [4.78, 5) is 12.1. The third-order valence-electron chi connectivity index (χ3n) is 3.83. The molecule has 0 saturated heterocycles. The van der Waals surface area contributed by atoms with E-state index < -0.39 is 5.41 Å². The number of nitrogens with one attached hydrogen (secondary N) is 1. The first-order chi connectivity index (χ1) is 8.38. The average Bonchev–Trinajstić information content (AvgIpc) is 2.84. The Bertz CT molecular complexity index is 336. The Balaban J connectivity index is 2.60. The van der Waals surface area contributed by atoms with Crippen LogP contribution in [0.25, 0.3) is 0 Å². The number of nitrogens with zero attached hydrogens (tertiary/aromatic N) is 1. The van der Waals surface area contributed by atoms with Gasteiger partial charge in [-0.1, -0.05) is 18.0 Å². The minimum atomic E-state index is -0.979. The molecular formula is C12H23N3O2S. The third kappa shape index (κ3) is 3.10. The lowest BCUT2D eigenvalue weighted by atomic mass is 9.90. The smallest absolute Gasteiger partial charge is 0.233 e. The number of thioether (sulfide) groups is 1. The molecule has 0 aromatic rings. The monoisotopic (exact) mass is 273 g/mol. The summed E-state index contributed by atoms with van der Waals surface area (Å²) >= 11 is 1.82. The van der Waals surface area contributed by atoms with Crippen molar-refractivity contribution in [3.8, 4) is 0 Å². The van der Waals surface area contributed by atoms with E-state index in [1.807, 2.05) is 11.8 Å². The van der Waals surface area contributed by atoms with Gasteiger partial charge >= 0.3 is 0 Å². The molecule has 104 valence electrons. The molecule has 18 heavy (non-hydrogen) atoms. The van der Waals surface area contributed by atoms with E-state index >= 15 is 0 Å². The summed E-state index contributed by atoms with van der Waals surface area (Å²) in [5.41, 5.74) is 4.56. The minimum absolute atomic E-state index is 0.0652. The predicted molar refractivity (Wildman–Crippen MR) is 74.9 cm³/mol. The van der Waals surface area contributed by atoms with Crippen LogP contribution in [-0.2, 0) is 4.79 Å². The summed E-state index contributed by atoms with van der Waals surface area (Å²) in [6.07, 6.45) is 6.81. The van der Waals surface area contributed by atoms with Gasteiger partial charge in [-0.25, -0.2) is 0 Å². The molecule has 0 aromatic carbocycles. The van der Waals surface area contributed by atoms with E-state index in [9.17, 15) is 4.79 Å². The Hall–Kier alpha value is -0.910. The van der Waals surface area contributed by atoms with Crippen LogP contribution in [0.5, 0.6) is 0 Å². The number of carbonyl (C=O) groups excluding carboxylic acids is 1. The lowest BCUT2D eigenvalue weighted by Crippen LogP contribution is -2.49. The lowest BCUT2D eigenvalue weighted by Gasteiger charge is -2.29. The highest BCUT2D eigenvalue weighted by Crippen LogP contribution is 2.39. The van der Waals surface area contributed by atoms with E-state index in [1.165, 1.54) is 12.8 Å². The Morgan fingerprint density at radius 1 is 1.50 bits per heavy atom. The molecule has 0 atom stereocenters. The number of rotatable bonds is 5. The van der Waals surface area contributed by atoms with Gasteiger partial charge in [0, 0.05) is 11.3 Å². The molecule has 1 amide bonds. The predicted octanol–water partition coefficient (Wildman–Crippen LogP) is 1.55. The first kappa shape index (κ1) is 15.1. The fourth-order valence-corrected chi connectivity index (χ4v) is 3.09. The zero-order chi connectivity index (χ0) is 13.8. The highest BCUT2D eigenvalue weighted by Gasteiger charge is 2.37. The van der Waals surface area contributed by atoms with Crippen molar-refractivity contribution in [1.82, 2.24) is 5.32 Å². The second-order valence-corrected chi connectivity index (χ2v) is 6.66. The SMILES string of the molecule is CSC1(CNC(=O)C(C)(C)C(N)=NO)CCCC1. The Labute approximate surface area is 113 Å². The molecule has 0 spiro atoms. The Morgan fingerprint density at radius 3 is 2.50 bits per heavy atom. The van der Waals surface area contributed by atoms with E-state index in [4.69, 9.17) is 10.9 Å². The molecule has 1 saturated carbocycles. The van der Waals surface area contributed by atoms with Crippen LogP contribution in [0.4, 0.5) is 0 Å². The number of nitrogens with two attached hydrogens (primary N) is 1. The highest BCUT2D eigenvalue weighted by molar-refractivity contribution is 8.00. The first-order valence-electron chi connectivity index (χ1n) is 6.19. The number of carbonyl (C=O) groups is 1. The van der Waals surface area contributed by atoms with Crippen molar-refractivity contribution in [3.63, 3.8) is 0 Å². The highest BCUT2D eigenvalue weighted by atomic mass is 32.2. The summed E-state index contributed by atoms with van der Waals surface area (Å²) in [5.74, 6) is -0.261. The van der Waals surface area contributed by atoms with Gasteiger partial charge in [-0.05, 0) is 32.9 Å². The van der Waals surface area contributed by atoms with Crippen LogP contribution in [0.1, 0.15) is 39.5 Å². The molecular weight excluding hydrogens is 250 g/mol. The van der Waals surface area contributed by atoms with E-state index in [0.29, 0.717) is 6.54 Å². The van der Waals surface area contributed by atoms with Gasteiger partial charge in [-0.3, -0.25) is 4.79 Å². The Morgan fingerprint density at radius 2 is 2.06 bits per heavy atom. The minimum Gasteiger partial charge on any atom is -0.409 e. The number of hydrogen-bond acceptors (Lipinski definition) is 4. The molecule has 0 bridgehead atoms. The van der Waals surface area contributed by atoms with E-state index in [-0.39, 0.29) is 16.5 Å². The second-order valence-electron chi connectivity index (χ2n) is 5.39. The van der Waals surface area contributed by atoms with Crippen molar-refractivity contribution in [2.24, 2.45) is 16.3 Å². The molecule has 0 radical (unpaired) electrons. The number of amidine groups is 1. The topological polar surface area (TPSA) is 87.7 Å². The number of oxime groups is 1. The maximum atomic E-state index is 12.1. The van der Waals surface area contributed by atoms with Gasteiger partial charge in [0.25, 0.3) is 0 Å². The normalized spacial score (nSPS) is 19.8. The largest absolute Gasteiger partial charge is 0.409 e. The summed E-state index contributed by atoms with van der Waals surface area (Å²) in [7, 11) is 0. The van der Waals surface area contributed by atoms with Crippen molar-refractivity contribution in [1.29, 1.82) is 0 Å². The summed E-state index contributed by atoms with van der Waals surface area (Å²) in [6.45, 7) is 3.95. The van der Waals surface area contributed by atoms with Gasteiger partial charge in [0.05, 0.1) is 0 Å². The van der Waals surface area contributed by atoms with Crippen molar-refractivity contribution >= 4 is 23.5 Å². The molecule has 1 fully saturated rings. The molecule has 0 unspecified atom stereocenters. The van der Waals surface area contributed by atoms with E-state index in [0.717, 1.165) is 12.8 Å². The average molecular weight is 273 g/mol. The van der Waals surface area contributed by atoms with Gasteiger partial charge in [-0.2, -0.15) is 11.8 Å². The van der Waals surface area contributed by atoms with Crippen molar-refractivity contribution < 1.29 is 10.0 Å². The molecule has 5 nitrogen and oxygen atoms in total. The molecule has 4 N–H and O–H groups in total. The zero-order valence-corrected chi connectivity index (χ0v) is 12.1. The van der Waals surface area contributed by atoms with Gasteiger partial charge < -0.3 is 16.3 Å². The van der Waals surface area contributed by atoms with Crippen molar-refractivity contribution in [3.05, 3.63) is 0 Å². The van der Waals surface area contributed by atoms with Crippen LogP contribution < -0.4 is 11.1 Å². The van der Waals surface area contributed by atoms with Gasteiger partial charge in [-0.15, -0.1) is 0 Å². The molecule has 1 aliphatic rings. The Kier molecular flexibility index (Phi) is 4.90. The van der Waals surface area contributed by atoms with Gasteiger partial charge in [0.1, 0.15) is 5.41 Å². The molecule has 6 heteroatoms. The summed E-state index contributed by atoms with van der Waals surface area (Å²) in [6, 6.07) is 0. The van der Waals surface area contributed by atoms with E-state index in [2.05, 4.69) is 16.7 Å². The molecule has 0 aliphatic heterocycles. The van der Waals surface area contributed by atoms with E-state index in [1.54, 1.807) is 13.8 Å². The van der Waals surface area contributed by atoms with Crippen molar-refractivity contribution in [2.45, 2.75) is 44.3 Å². The third-order valence-corrected chi connectivity index (χ3v) is 5.25. The summed E-state index contributed by atoms with van der Waals surface area (Å²) in [5, 5.41) is 14.5. The number of amides is 1. The van der Waals surface area contributed by atoms with Gasteiger partial charge in [0.15, 0.2) is 5.84 Å². The molecule has 1 rings (SSSR count). The molecule has 0 heterocycles. The maximum absolute atomic E-state index is 12.1. The standard InChI is InChI=1S/C12H23N3O2S/c1-11(2,9(13)15-17)10(16)14-8-12(18-3)6-4-5-7-12/h17H,4-8H2,1-3H3,(H2,13,15)(H,14,16). The fourth-order valence-electron chi connectivity index (χ4n) is 2.18. The van der Waals surface area contributed by atoms with Crippen LogP contribution >= 0.6 is 11.8 Å². The van der Waals surface area contributed by atoms with Crippen LogP contribution in [0.2, 0.25) is 0 Å². The maximum Gasteiger partial charge on any atom is 0.233 e. The number of hydrogen-bond donors (Lipinski definition) is 3. The molecule has 0 aromatic heterocycles. The lowest BCUT2D eigenvalue weighted by molar-refractivity contribution is -0.126. The van der Waals surface area contributed by atoms with Crippen LogP contribution in [0, 0.1) is 5.41 Å².